The third-order valence-corrected chi connectivity index (χ3v) is 4.10. The molecular formula is C21H29N3O3. The van der Waals surface area contributed by atoms with Crippen LogP contribution in [0.3, 0.4) is 0 Å². The molecule has 6 nitrogen and oxygen atoms in total. The monoisotopic (exact) mass is 371 g/mol. The van der Waals surface area contributed by atoms with E-state index in [2.05, 4.69) is 23.7 Å². The zero-order chi connectivity index (χ0) is 20.0. The van der Waals surface area contributed by atoms with E-state index < -0.39 is 0 Å². The van der Waals surface area contributed by atoms with Crippen LogP contribution in [-0.2, 0) is 9.53 Å². The summed E-state index contributed by atoms with van der Waals surface area (Å²) in [5.41, 5.74) is 4.10. The molecule has 1 saturated heterocycles. The van der Waals surface area contributed by atoms with Crippen LogP contribution in [0.25, 0.3) is 5.69 Å². The molecule has 1 aliphatic heterocycles. The van der Waals surface area contributed by atoms with Crippen molar-refractivity contribution < 1.29 is 14.3 Å². The molecule has 1 aliphatic rings. The normalized spacial score (nSPS) is 15.8. The Bertz CT molecular complexity index is 761. The number of hydrogen-bond acceptors (Lipinski definition) is 3. The third kappa shape index (κ3) is 5.12. The van der Waals surface area contributed by atoms with Crippen LogP contribution in [0.15, 0.2) is 36.7 Å². The summed E-state index contributed by atoms with van der Waals surface area (Å²) in [7, 11) is 0. The summed E-state index contributed by atoms with van der Waals surface area (Å²) in [6.45, 7) is 10.5. The largest absolute Gasteiger partial charge is 0.442 e. The number of carbonyl (C=O) groups is 2. The fourth-order valence-electron chi connectivity index (χ4n) is 3.08. The van der Waals surface area contributed by atoms with E-state index in [1.165, 1.54) is 13.3 Å². The van der Waals surface area contributed by atoms with Crippen molar-refractivity contribution in [1.29, 1.82) is 0 Å². The molecule has 1 aromatic carbocycles. The highest BCUT2D eigenvalue weighted by atomic mass is 16.6. The number of aryl methyl sites for hydroxylation is 2. The zero-order valence-corrected chi connectivity index (χ0v) is 16.8. The first-order valence-electron chi connectivity index (χ1n) is 9.34. The number of rotatable bonds is 4. The van der Waals surface area contributed by atoms with Gasteiger partial charge in [0.15, 0.2) is 0 Å². The molecule has 2 heterocycles. The number of anilines is 1. The molecule has 0 radical (unpaired) electrons. The van der Waals surface area contributed by atoms with Crippen LogP contribution in [0.5, 0.6) is 0 Å². The molecule has 6 heteroatoms. The fourth-order valence-corrected chi connectivity index (χ4v) is 3.08. The molecule has 0 spiro atoms. The van der Waals surface area contributed by atoms with Crippen LogP contribution in [-0.4, -0.2) is 35.8 Å². The molecule has 146 valence electrons. The molecule has 3 rings (SSSR count). The first-order chi connectivity index (χ1) is 12.9. The van der Waals surface area contributed by atoms with Gasteiger partial charge in [0.25, 0.3) is 0 Å². The second-order valence-electron chi connectivity index (χ2n) is 6.78. The van der Waals surface area contributed by atoms with E-state index >= 15 is 0 Å². The number of nitrogens with one attached hydrogen (secondary N) is 1. The van der Waals surface area contributed by atoms with Gasteiger partial charge in [0.2, 0.25) is 5.91 Å². The number of hydrogen-bond donors (Lipinski definition) is 1. The number of aromatic nitrogens is 1. The van der Waals surface area contributed by atoms with Crippen molar-refractivity contribution in [3.05, 3.63) is 47.8 Å². The highest BCUT2D eigenvalue weighted by molar-refractivity contribution is 5.90. The lowest BCUT2D eigenvalue weighted by Crippen LogP contribution is -2.33. The number of ether oxygens (including phenoxy) is 1. The number of nitrogens with zero attached hydrogens (tertiary/aromatic N) is 2. The van der Waals surface area contributed by atoms with Gasteiger partial charge in [-0.05, 0) is 49.2 Å². The third-order valence-electron chi connectivity index (χ3n) is 4.10. The average molecular weight is 371 g/mol. The second kappa shape index (κ2) is 9.26. The number of benzene rings is 1. The smallest absolute Gasteiger partial charge is 0.414 e. The minimum absolute atomic E-state index is 0.132. The summed E-state index contributed by atoms with van der Waals surface area (Å²) < 4.78 is 7.39. The maximum atomic E-state index is 12.2. The van der Waals surface area contributed by atoms with Gasteiger partial charge in [-0.1, -0.05) is 20.3 Å². The van der Waals surface area contributed by atoms with Crippen LogP contribution in [0, 0.1) is 13.8 Å². The SMILES string of the molecule is CC(=O)NC[C@H]1CN(c2cc(C)c(-n3cccc3)c(C)c2)C(=O)O1.CCC. The lowest BCUT2D eigenvalue weighted by molar-refractivity contribution is -0.119. The van der Waals surface area contributed by atoms with Crippen molar-refractivity contribution in [2.45, 2.75) is 47.1 Å². The minimum atomic E-state index is -0.377. The van der Waals surface area contributed by atoms with E-state index in [1.54, 1.807) is 4.90 Å². The highest BCUT2D eigenvalue weighted by Gasteiger charge is 2.32. The Labute approximate surface area is 161 Å². The van der Waals surface area contributed by atoms with Crippen LogP contribution in [0.1, 0.15) is 38.3 Å². The Morgan fingerprint density at radius 3 is 2.26 bits per heavy atom. The van der Waals surface area contributed by atoms with Crippen molar-refractivity contribution in [2.24, 2.45) is 0 Å². The van der Waals surface area contributed by atoms with Crippen molar-refractivity contribution in [3.63, 3.8) is 0 Å². The maximum Gasteiger partial charge on any atom is 0.414 e. The Hall–Kier alpha value is -2.76. The first kappa shape index (κ1) is 20.6. The Kier molecular flexibility index (Phi) is 7.05. The predicted octanol–water partition coefficient (Wildman–Crippen LogP) is 3.97. The van der Waals surface area contributed by atoms with E-state index in [-0.39, 0.29) is 18.1 Å². The van der Waals surface area contributed by atoms with Crippen molar-refractivity contribution in [1.82, 2.24) is 9.88 Å². The molecule has 27 heavy (non-hydrogen) atoms. The van der Waals surface area contributed by atoms with E-state index in [0.717, 1.165) is 22.5 Å². The molecule has 0 saturated carbocycles. The van der Waals surface area contributed by atoms with Crippen LogP contribution in [0.2, 0.25) is 0 Å². The molecule has 2 aromatic rings. The van der Waals surface area contributed by atoms with E-state index in [1.807, 2.05) is 50.5 Å². The molecule has 0 aliphatic carbocycles. The Balaban J connectivity index is 0.000000817. The van der Waals surface area contributed by atoms with Gasteiger partial charge in [-0.25, -0.2) is 4.79 Å². The lowest BCUT2D eigenvalue weighted by Gasteiger charge is -2.18. The average Bonchev–Trinajstić information content (AvgIpc) is 3.23. The minimum Gasteiger partial charge on any atom is -0.442 e. The van der Waals surface area contributed by atoms with Gasteiger partial charge in [-0.3, -0.25) is 9.69 Å². The quantitative estimate of drug-likeness (QED) is 0.884. The molecule has 2 amide bonds. The Morgan fingerprint density at radius 1 is 1.19 bits per heavy atom. The summed E-state index contributed by atoms with van der Waals surface area (Å²) >= 11 is 0. The molecule has 0 bridgehead atoms. The topological polar surface area (TPSA) is 63.6 Å². The van der Waals surface area contributed by atoms with Gasteiger partial charge in [0, 0.05) is 25.0 Å². The number of cyclic esters (lactones) is 1. The predicted molar refractivity (Wildman–Crippen MR) is 108 cm³/mol. The standard InChI is InChI=1S/C18H21N3O3.C3H8/c1-12-8-15(9-13(2)17(12)20-6-4-5-7-20)21-11-16(24-18(21)23)10-19-14(3)22;1-3-2/h4-9,16H,10-11H2,1-3H3,(H,19,22);3H2,1-2H3/t16-;/m0./s1. The van der Waals surface area contributed by atoms with E-state index in [0.29, 0.717) is 13.1 Å². The summed E-state index contributed by atoms with van der Waals surface area (Å²) in [5, 5.41) is 2.68. The molecule has 1 aromatic heterocycles. The summed E-state index contributed by atoms with van der Waals surface area (Å²) in [4.78, 5) is 24.8. The van der Waals surface area contributed by atoms with Crippen LogP contribution >= 0.6 is 0 Å². The van der Waals surface area contributed by atoms with Gasteiger partial charge in [0.05, 0.1) is 18.8 Å². The first-order valence-corrected chi connectivity index (χ1v) is 9.34. The molecule has 1 atom stereocenters. The molecule has 1 N–H and O–H groups in total. The van der Waals surface area contributed by atoms with Gasteiger partial charge < -0.3 is 14.6 Å². The molecule has 1 fully saturated rings. The number of carbonyl (C=O) groups excluding carboxylic acids is 2. The van der Waals surface area contributed by atoms with E-state index in [4.69, 9.17) is 4.74 Å². The summed E-state index contributed by atoms with van der Waals surface area (Å²) in [5.74, 6) is -0.132. The van der Waals surface area contributed by atoms with Crippen molar-refractivity contribution in [2.75, 3.05) is 18.0 Å². The van der Waals surface area contributed by atoms with Gasteiger partial charge in [-0.15, -0.1) is 0 Å². The Morgan fingerprint density at radius 2 is 1.74 bits per heavy atom. The van der Waals surface area contributed by atoms with Crippen molar-refractivity contribution in [3.8, 4) is 5.69 Å². The van der Waals surface area contributed by atoms with Gasteiger partial charge in [-0.2, -0.15) is 0 Å². The van der Waals surface area contributed by atoms with Crippen LogP contribution < -0.4 is 10.2 Å². The summed E-state index contributed by atoms with van der Waals surface area (Å²) in [6, 6.07) is 7.95. The van der Waals surface area contributed by atoms with Crippen molar-refractivity contribution >= 4 is 17.7 Å². The zero-order valence-electron chi connectivity index (χ0n) is 16.8. The molecular weight excluding hydrogens is 342 g/mol. The highest BCUT2D eigenvalue weighted by Crippen LogP contribution is 2.28. The summed E-state index contributed by atoms with van der Waals surface area (Å²) in [6.07, 6.45) is 4.55. The van der Waals surface area contributed by atoms with E-state index in [9.17, 15) is 9.59 Å². The maximum absolute atomic E-state index is 12.2. The number of amides is 2. The van der Waals surface area contributed by atoms with Gasteiger partial charge >= 0.3 is 6.09 Å². The fraction of sp³-hybridized carbons (Fsp3) is 0.429. The van der Waals surface area contributed by atoms with Gasteiger partial charge in [0.1, 0.15) is 6.10 Å². The van der Waals surface area contributed by atoms with Crippen LogP contribution in [0.4, 0.5) is 10.5 Å². The lowest BCUT2D eigenvalue weighted by atomic mass is 10.1. The molecule has 0 unspecified atom stereocenters. The second-order valence-corrected chi connectivity index (χ2v) is 6.78.